The molecule has 4 nitrogen and oxygen atoms in total. The maximum Gasteiger partial charge on any atom is 0.0623 e. The van der Waals surface area contributed by atoms with Gasteiger partial charge in [0.1, 0.15) is 0 Å². The van der Waals surface area contributed by atoms with Gasteiger partial charge in [-0.1, -0.05) is 12.8 Å². The Morgan fingerprint density at radius 1 is 1.18 bits per heavy atom. The van der Waals surface area contributed by atoms with Gasteiger partial charge >= 0.3 is 0 Å². The molecule has 3 rings (SSSR count). The topological polar surface area (TPSA) is 36.5 Å². The van der Waals surface area contributed by atoms with E-state index in [-0.39, 0.29) is 12.4 Å². The molecule has 0 amide bonds. The molecule has 0 radical (unpaired) electrons. The zero-order valence-corrected chi connectivity index (χ0v) is 14.9. The molecule has 2 saturated heterocycles. The third-order valence-electron chi connectivity index (χ3n) is 5.78. The summed E-state index contributed by atoms with van der Waals surface area (Å²) < 4.78 is 5.66. The minimum absolute atomic E-state index is 0. The lowest BCUT2D eigenvalue weighted by molar-refractivity contribution is 0.0521. The van der Waals surface area contributed by atoms with Gasteiger partial charge < -0.3 is 15.4 Å². The quantitative estimate of drug-likeness (QED) is 0.808. The maximum absolute atomic E-state index is 5.66. The average molecular weight is 332 g/mol. The molecule has 3 fully saturated rings. The van der Waals surface area contributed by atoms with Crippen LogP contribution in [-0.2, 0) is 4.74 Å². The van der Waals surface area contributed by atoms with Crippen LogP contribution in [0.2, 0.25) is 0 Å². The summed E-state index contributed by atoms with van der Waals surface area (Å²) in [5.41, 5.74) is 0. The van der Waals surface area contributed by atoms with E-state index in [4.69, 9.17) is 4.74 Å². The number of nitrogens with one attached hydrogen (secondary N) is 2. The Morgan fingerprint density at radius 2 is 2.09 bits per heavy atom. The number of piperidine rings is 1. The van der Waals surface area contributed by atoms with Crippen molar-refractivity contribution in [3.8, 4) is 0 Å². The average Bonchev–Trinajstić information content (AvgIpc) is 2.99. The molecule has 2 N–H and O–H groups in total. The fourth-order valence-corrected chi connectivity index (χ4v) is 4.47. The van der Waals surface area contributed by atoms with Crippen LogP contribution in [0, 0.1) is 5.92 Å². The zero-order chi connectivity index (χ0) is 14.5. The second-order valence-electron chi connectivity index (χ2n) is 7.17. The highest BCUT2D eigenvalue weighted by Gasteiger charge is 2.34. The van der Waals surface area contributed by atoms with Crippen molar-refractivity contribution in [2.45, 2.75) is 63.6 Å². The van der Waals surface area contributed by atoms with Crippen molar-refractivity contribution in [1.82, 2.24) is 15.5 Å². The second-order valence-corrected chi connectivity index (χ2v) is 7.17. The molecule has 1 saturated carbocycles. The van der Waals surface area contributed by atoms with Gasteiger partial charge in [-0.05, 0) is 45.1 Å². The van der Waals surface area contributed by atoms with Crippen molar-refractivity contribution in [2.75, 3.05) is 39.4 Å². The monoisotopic (exact) mass is 331 g/mol. The number of hydrogen-bond donors (Lipinski definition) is 2. The molecule has 5 heteroatoms. The Balaban J connectivity index is 0.00000176. The van der Waals surface area contributed by atoms with E-state index >= 15 is 0 Å². The molecule has 4 unspecified atom stereocenters. The molecule has 4 atom stereocenters. The Hall–Kier alpha value is 0.130. The Labute approximate surface area is 142 Å². The first-order chi connectivity index (χ1) is 10.3. The van der Waals surface area contributed by atoms with Crippen LogP contribution in [0.15, 0.2) is 0 Å². The third kappa shape index (κ3) is 4.81. The third-order valence-corrected chi connectivity index (χ3v) is 5.78. The van der Waals surface area contributed by atoms with Crippen molar-refractivity contribution < 1.29 is 4.74 Å². The van der Waals surface area contributed by atoms with Crippen LogP contribution in [0.4, 0.5) is 0 Å². The lowest BCUT2D eigenvalue weighted by Gasteiger charge is -2.35. The SMILES string of the molecule is CC1CCCCN1CCNC1CCCC1C1COCCN1.Cl. The van der Waals surface area contributed by atoms with Crippen molar-refractivity contribution in [3.05, 3.63) is 0 Å². The number of likely N-dealkylation sites (tertiary alicyclic amines) is 1. The van der Waals surface area contributed by atoms with Crippen LogP contribution in [0.25, 0.3) is 0 Å². The summed E-state index contributed by atoms with van der Waals surface area (Å²) in [6, 6.07) is 2.06. The Bertz CT molecular complexity index is 312. The van der Waals surface area contributed by atoms with Gasteiger partial charge in [0.05, 0.1) is 13.2 Å². The van der Waals surface area contributed by atoms with E-state index in [9.17, 15) is 0 Å². The summed E-state index contributed by atoms with van der Waals surface area (Å²) in [5.74, 6) is 0.768. The minimum Gasteiger partial charge on any atom is -0.379 e. The summed E-state index contributed by atoms with van der Waals surface area (Å²) >= 11 is 0. The second kappa shape index (κ2) is 9.43. The molecule has 0 bridgehead atoms. The summed E-state index contributed by atoms with van der Waals surface area (Å²) in [4.78, 5) is 2.67. The number of morpholine rings is 1. The molecule has 0 aromatic carbocycles. The summed E-state index contributed by atoms with van der Waals surface area (Å²) in [5, 5.41) is 7.52. The lowest BCUT2D eigenvalue weighted by Crippen LogP contribution is -2.52. The molecule has 2 heterocycles. The van der Waals surface area contributed by atoms with Gasteiger partial charge in [0.2, 0.25) is 0 Å². The van der Waals surface area contributed by atoms with Gasteiger partial charge in [-0.15, -0.1) is 12.4 Å². The van der Waals surface area contributed by atoms with Gasteiger partial charge in [-0.2, -0.15) is 0 Å². The molecule has 3 aliphatic rings. The molecule has 22 heavy (non-hydrogen) atoms. The molecular formula is C17H34ClN3O. The predicted molar refractivity (Wildman–Crippen MR) is 93.9 cm³/mol. The zero-order valence-electron chi connectivity index (χ0n) is 14.1. The van der Waals surface area contributed by atoms with Gasteiger partial charge in [0, 0.05) is 37.8 Å². The lowest BCUT2D eigenvalue weighted by atomic mass is 9.94. The van der Waals surface area contributed by atoms with E-state index in [0.717, 1.165) is 38.3 Å². The van der Waals surface area contributed by atoms with Crippen LogP contribution >= 0.6 is 12.4 Å². The van der Waals surface area contributed by atoms with Crippen molar-refractivity contribution >= 4 is 12.4 Å². The molecule has 0 aromatic heterocycles. The first kappa shape index (κ1) is 18.5. The molecular weight excluding hydrogens is 298 g/mol. The van der Waals surface area contributed by atoms with Crippen LogP contribution in [0.3, 0.4) is 0 Å². The minimum atomic E-state index is 0. The highest BCUT2D eigenvalue weighted by molar-refractivity contribution is 5.85. The van der Waals surface area contributed by atoms with Crippen LogP contribution in [-0.4, -0.2) is 62.4 Å². The number of rotatable bonds is 5. The van der Waals surface area contributed by atoms with Crippen molar-refractivity contribution in [2.24, 2.45) is 5.92 Å². The molecule has 2 aliphatic heterocycles. The fourth-order valence-electron chi connectivity index (χ4n) is 4.47. The fraction of sp³-hybridized carbons (Fsp3) is 1.00. The normalized spacial score (nSPS) is 37.0. The van der Waals surface area contributed by atoms with Crippen LogP contribution < -0.4 is 10.6 Å². The number of halogens is 1. The van der Waals surface area contributed by atoms with Gasteiger partial charge in [0.15, 0.2) is 0 Å². The van der Waals surface area contributed by atoms with Gasteiger partial charge in [-0.3, -0.25) is 4.90 Å². The predicted octanol–water partition coefficient (Wildman–Crippen LogP) is 2.03. The van der Waals surface area contributed by atoms with Gasteiger partial charge in [-0.25, -0.2) is 0 Å². The van der Waals surface area contributed by atoms with Crippen LogP contribution in [0.5, 0.6) is 0 Å². The highest BCUT2D eigenvalue weighted by atomic mass is 35.5. The van der Waals surface area contributed by atoms with E-state index in [2.05, 4.69) is 22.5 Å². The van der Waals surface area contributed by atoms with Gasteiger partial charge in [0.25, 0.3) is 0 Å². The Morgan fingerprint density at radius 3 is 2.86 bits per heavy atom. The van der Waals surface area contributed by atoms with Crippen molar-refractivity contribution in [3.63, 3.8) is 0 Å². The molecule has 1 aliphatic carbocycles. The Kier molecular flexibility index (Phi) is 7.92. The summed E-state index contributed by atoms with van der Waals surface area (Å²) in [6.07, 6.45) is 8.27. The highest BCUT2D eigenvalue weighted by Crippen LogP contribution is 2.29. The largest absolute Gasteiger partial charge is 0.379 e. The van der Waals surface area contributed by atoms with E-state index in [0.29, 0.717) is 12.1 Å². The van der Waals surface area contributed by atoms with E-state index in [1.807, 2.05) is 0 Å². The maximum atomic E-state index is 5.66. The van der Waals surface area contributed by atoms with E-state index in [1.165, 1.54) is 51.6 Å². The first-order valence-corrected chi connectivity index (χ1v) is 9.13. The summed E-state index contributed by atoms with van der Waals surface area (Å²) in [6.45, 7) is 8.88. The number of nitrogens with zero attached hydrogens (tertiary/aromatic N) is 1. The first-order valence-electron chi connectivity index (χ1n) is 9.13. The molecule has 0 spiro atoms. The van der Waals surface area contributed by atoms with Crippen LogP contribution in [0.1, 0.15) is 45.4 Å². The number of hydrogen-bond acceptors (Lipinski definition) is 4. The van der Waals surface area contributed by atoms with Crippen molar-refractivity contribution in [1.29, 1.82) is 0 Å². The summed E-state index contributed by atoms with van der Waals surface area (Å²) in [7, 11) is 0. The standard InChI is InChI=1S/C17H33N3O.ClH/c1-14-5-2-3-10-20(14)11-8-18-16-7-4-6-15(16)17-13-21-12-9-19-17;/h14-19H,2-13H2,1H3;1H. The number of ether oxygens (including phenoxy) is 1. The molecule has 130 valence electrons. The smallest absolute Gasteiger partial charge is 0.0623 e. The molecule has 0 aromatic rings. The van der Waals surface area contributed by atoms with E-state index < -0.39 is 0 Å². The van der Waals surface area contributed by atoms with E-state index in [1.54, 1.807) is 0 Å².